The van der Waals surface area contributed by atoms with Gasteiger partial charge in [-0.05, 0) is 30.2 Å². The lowest BCUT2D eigenvalue weighted by Crippen LogP contribution is -2.23. The van der Waals surface area contributed by atoms with Gasteiger partial charge in [0.05, 0.1) is 11.5 Å². The zero-order valence-electron chi connectivity index (χ0n) is 16.1. The number of hydrogen-bond donors (Lipinski definition) is 4. The summed E-state index contributed by atoms with van der Waals surface area (Å²) in [5, 5.41) is 20.8. The molecule has 0 aromatic heterocycles. The van der Waals surface area contributed by atoms with Crippen LogP contribution in [0.2, 0.25) is 0 Å². The van der Waals surface area contributed by atoms with Gasteiger partial charge in [-0.25, -0.2) is 0 Å². The lowest BCUT2D eigenvalue weighted by atomic mass is 10.1. The van der Waals surface area contributed by atoms with Gasteiger partial charge in [-0.1, -0.05) is 36.4 Å². The van der Waals surface area contributed by atoms with E-state index in [-0.39, 0.29) is 17.7 Å². The Morgan fingerprint density at radius 3 is 2.23 bits per heavy atom. The second-order valence-corrected chi connectivity index (χ2v) is 9.33. The summed E-state index contributed by atoms with van der Waals surface area (Å²) in [6, 6.07) is 11.8. The van der Waals surface area contributed by atoms with E-state index < -0.39 is 55.3 Å². The first-order valence-electron chi connectivity index (χ1n) is 9.15. The summed E-state index contributed by atoms with van der Waals surface area (Å²) >= 11 is 0. The number of hydrogen-bond acceptors (Lipinski definition) is 4. The molecule has 2 aromatic carbocycles. The van der Waals surface area contributed by atoms with Crippen LogP contribution in [-0.2, 0) is 20.3 Å². The summed E-state index contributed by atoms with van der Waals surface area (Å²) in [6.07, 6.45) is -6.23. The maximum atomic E-state index is 13.2. The minimum Gasteiger partial charge on any atom is -0.481 e. The number of rotatable bonds is 10. The maximum Gasteiger partial charge on any atom is 0.416 e. The standard InChI is InChI=1S/C20H21F3NO6P/c21-20(22,23)15-7-4-8-16(11-15)24-18(13-5-2-1-3-6-13)31(29,30)12-14(19(27)28)9-10-17(25)26/h1-8,11,14,18,24H,9-10,12H2,(H,25,26)(H,27,28)(H,29,30). The van der Waals surface area contributed by atoms with E-state index in [4.69, 9.17) is 5.11 Å². The number of benzene rings is 2. The highest BCUT2D eigenvalue weighted by atomic mass is 31.2. The fourth-order valence-electron chi connectivity index (χ4n) is 3.01. The molecular formula is C20H21F3NO6P. The first-order chi connectivity index (χ1) is 14.4. The van der Waals surface area contributed by atoms with Crippen LogP contribution in [0.25, 0.3) is 0 Å². The molecule has 0 radical (unpaired) electrons. The van der Waals surface area contributed by atoms with E-state index in [0.717, 1.165) is 18.2 Å². The number of anilines is 1. The second kappa shape index (κ2) is 9.98. The van der Waals surface area contributed by atoms with E-state index >= 15 is 0 Å². The van der Waals surface area contributed by atoms with Gasteiger partial charge < -0.3 is 20.4 Å². The minimum absolute atomic E-state index is 0.0737. The molecule has 0 aliphatic carbocycles. The molecule has 2 rings (SSSR count). The van der Waals surface area contributed by atoms with Crippen LogP contribution in [0.4, 0.5) is 18.9 Å². The third-order valence-corrected chi connectivity index (χ3v) is 6.75. The van der Waals surface area contributed by atoms with Crippen LogP contribution in [0.5, 0.6) is 0 Å². The molecule has 31 heavy (non-hydrogen) atoms. The van der Waals surface area contributed by atoms with Crippen molar-refractivity contribution in [1.29, 1.82) is 0 Å². The third kappa shape index (κ3) is 7.11. The molecule has 11 heteroatoms. The highest BCUT2D eigenvalue weighted by Gasteiger charge is 2.38. The fraction of sp³-hybridized carbons (Fsp3) is 0.300. The number of halogens is 3. The van der Waals surface area contributed by atoms with Crippen LogP contribution >= 0.6 is 7.37 Å². The maximum absolute atomic E-state index is 13.2. The van der Waals surface area contributed by atoms with Gasteiger partial charge in [0.2, 0.25) is 7.37 Å². The Kier molecular flexibility index (Phi) is 7.86. The fourth-order valence-corrected chi connectivity index (χ4v) is 5.18. The van der Waals surface area contributed by atoms with Gasteiger partial charge in [-0.3, -0.25) is 14.2 Å². The number of carboxylic acids is 2. The SMILES string of the molecule is O=C(O)CCC(CP(=O)(O)C(Nc1cccc(C(F)(F)F)c1)c1ccccc1)C(=O)O. The molecule has 0 aliphatic heterocycles. The molecule has 168 valence electrons. The highest BCUT2D eigenvalue weighted by Crippen LogP contribution is 2.57. The first-order valence-corrected chi connectivity index (χ1v) is 11.1. The topological polar surface area (TPSA) is 124 Å². The molecule has 3 unspecified atom stereocenters. The molecule has 0 amide bonds. The summed E-state index contributed by atoms with van der Waals surface area (Å²) < 4.78 is 52.3. The van der Waals surface area contributed by atoms with Crippen molar-refractivity contribution in [1.82, 2.24) is 0 Å². The molecule has 0 aliphatic rings. The Hall–Kier alpha value is -2.84. The van der Waals surface area contributed by atoms with Crippen molar-refractivity contribution in [2.45, 2.75) is 24.8 Å². The summed E-state index contributed by atoms with van der Waals surface area (Å²) in [5.41, 5.74) is -0.759. The Morgan fingerprint density at radius 2 is 1.68 bits per heavy atom. The normalized spacial score (nSPS) is 15.5. The molecule has 0 spiro atoms. The molecule has 4 N–H and O–H groups in total. The van der Waals surface area contributed by atoms with Crippen LogP contribution in [0.15, 0.2) is 54.6 Å². The molecule has 7 nitrogen and oxygen atoms in total. The molecule has 2 aromatic rings. The summed E-state index contributed by atoms with van der Waals surface area (Å²) in [7, 11) is -4.38. The van der Waals surface area contributed by atoms with Crippen molar-refractivity contribution in [3.8, 4) is 0 Å². The van der Waals surface area contributed by atoms with Crippen LogP contribution in [0.1, 0.15) is 29.8 Å². The van der Waals surface area contributed by atoms with Gasteiger partial charge in [0.25, 0.3) is 0 Å². The molecule has 3 atom stereocenters. The van der Waals surface area contributed by atoms with E-state index in [9.17, 15) is 37.3 Å². The minimum atomic E-state index is -4.62. The smallest absolute Gasteiger partial charge is 0.416 e. The molecule has 0 saturated carbocycles. The Balaban J connectivity index is 2.38. The van der Waals surface area contributed by atoms with Gasteiger partial charge in [-0.2, -0.15) is 13.2 Å². The average Bonchev–Trinajstić information content (AvgIpc) is 2.69. The number of carboxylic acid groups (broad SMARTS) is 2. The summed E-state index contributed by atoms with van der Waals surface area (Å²) in [5.74, 6) is -5.49. The van der Waals surface area contributed by atoms with Crippen LogP contribution in [0.3, 0.4) is 0 Å². The van der Waals surface area contributed by atoms with Gasteiger partial charge in [0, 0.05) is 18.3 Å². The molecular weight excluding hydrogens is 438 g/mol. The Morgan fingerprint density at radius 1 is 1.03 bits per heavy atom. The zero-order chi connectivity index (χ0) is 23.2. The Bertz CT molecular complexity index is 967. The lowest BCUT2D eigenvalue weighted by Gasteiger charge is -2.27. The van der Waals surface area contributed by atoms with Crippen LogP contribution in [0, 0.1) is 5.92 Å². The number of nitrogens with one attached hydrogen (secondary N) is 1. The highest BCUT2D eigenvalue weighted by molar-refractivity contribution is 7.58. The van der Waals surface area contributed by atoms with Crippen LogP contribution < -0.4 is 5.32 Å². The zero-order valence-corrected chi connectivity index (χ0v) is 17.0. The van der Waals surface area contributed by atoms with Gasteiger partial charge >= 0.3 is 18.1 Å². The average molecular weight is 459 g/mol. The van der Waals surface area contributed by atoms with E-state index in [0.29, 0.717) is 0 Å². The predicted octanol–water partition coefficient (Wildman–Crippen LogP) is 4.65. The third-order valence-electron chi connectivity index (χ3n) is 4.55. The summed E-state index contributed by atoms with van der Waals surface area (Å²) in [4.78, 5) is 33.0. The van der Waals surface area contributed by atoms with E-state index in [1.807, 2.05) is 0 Å². The predicted molar refractivity (Wildman–Crippen MR) is 107 cm³/mol. The van der Waals surface area contributed by atoms with Crippen molar-refractivity contribution in [2.75, 3.05) is 11.5 Å². The quantitative estimate of drug-likeness (QED) is 0.381. The lowest BCUT2D eigenvalue weighted by molar-refractivity contribution is -0.142. The van der Waals surface area contributed by atoms with Crippen LogP contribution in [-0.4, -0.2) is 33.2 Å². The molecule has 0 heterocycles. The number of alkyl halides is 3. The van der Waals surface area contributed by atoms with Crippen molar-refractivity contribution >= 4 is 25.0 Å². The van der Waals surface area contributed by atoms with E-state index in [1.165, 1.54) is 18.2 Å². The molecule has 0 fully saturated rings. The van der Waals surface area contributed by atoms with E-state index in [1.54, 1.807) is 18.2 Å². The van der Waals surface area contributed by atoms with Gasteiger partial charge in [0.1, 0.15) is 5.78 Å². The van der Waals surface area contributed by atoms with E-state index in [2.05, 4.69) is 5.32 Å². The van der Waals surface area contributed by atoms with Crippen molar-refractivity contribution in [3.05, 3.63) is 65.7 Å². The largest absolute Gasteiger partial charge is 0.481 e. The number of carbonyl (C=O) groups is 2. The monoisotopic (exact) mass is 459 g/mol. The Labute approximate surface area is 176 Å². The number of aliphatic carboxylic acids is 2. The summed E-state index contributed by atoms with van der Waals surface area (Å²) in [6.45, 7) is 0. The van der Waals surface area contributed by atoms with Gasteiger partial charge in [-0.15, -0.1) is 0 Å². The van der Waals surface area contributed by atoms with Crippen molar-refractivity contribution in [3.63, 3.8) is 0 Å². The first kappa shape index (κ1) is 24.4. The van der Waals surface area contributed by atoms with Crippen molar-refractivity contribution < 1.29 is 42.4 Å². The second-order valence-electron chi connectivity index (χ2n) is 6.94. The molecule has 0 saturated heterocycles. The van der Waals surface area contributed by atoms with Gasteiger partial charge in [0.15, 0.2) is 0 Å². The van der Waals surface area contributed by atoms with Crippen molar-refractivity contribution in [2.24, 2.45) is 5.92 Å². The molecule has 0 bridgehead atoms.